The Hall–Kier alpha value is -1.23. The molecule has 0 aromatic heterocycles. The van der Waals surface area contributed by atoms with Crippen LogP contribution in [0.1, 0.15) is 72.1 Å². The van der Waals surface area contributed by atoms with Gasteiger partial charge >= 0.3 is 0 Å². The van der Waals surface area contributed by atoms with Gasteiger partial charge in [0.2, 0.25) is 5.91 Å². The summed E-state index contributed by atoms with van der Waals surface area (Å²) in [5, 5.41) is 3.35. The normalized spacial score (nSPS) is 25.7. The van der Waals surface area contributed by atoms with Gasteiger partial charge in [-0.1, -0.05) is 58.3 Å². The van der Waals surface area contributed by atoms with Crippen LogP contribution in [-0.4, -0.2) is 35.2 Å². The van der Waals surface area contributed by atoms with Crippen molar-refractivity contribution in [2.75, 3.05) is 7.05 Å². The number of thiocarbonyl (C=S) groups is 1. The third-order valence-electron chi connectivity index (χ3n) is 5.10. The predicted molar refractivity (Wildman–Crippen MR) is 112 cm³/mol. The van der Waals surface area contributed by atoms with Crippen molar-refractivity contribution >= 4 is 23.2 Å². The number of nitrogens with zero attached hydrogens (tertiary/aromatic N) is 1. The number of allylic oxidation sites excluding steroid dienone is 3. The molecule has 1 saturated carbocycles. The molecule has 0 aliphatic heterocycles. The molecule has 1 fully saturated rings. The summed E-state index contributed by atoms with van der Waals surface area (Å²) in [5.74, 6) is 0.461. The third kappa shape index (κ3) is 7.56. The van der Waals surface area contributed by atoms with Crippen molar-refractivity contribution in [3.05, 3.63) is 23.8 Å². The molecule has 0 bridgehead atoms. The topological polar surface area (TPSA) is 32.3 Å². The van der Waals surface area contributed by atoms with E-state index in [9.17, 15) is 9.18 Å². The van der Waals surface area contributed by atoms with Gasteiger partial charge in [-0.15, -0.1) is 0 Å². The highest BCUT2D eigenvalue weighted by molar-refractivity contribution is 7.80. The molecule has 0 spiro atoms. The Balaban J connectivity index is 0.00000163. The lowest BCUT2D eigenvalue weighted by Gasteiger charge is -2.33. The van der Waals surface area contributed by atoms with Crippen molar-refractivity contribution in [2.45, 2.75) is 84.4 Å². The summed E-state index contributed by atoms with van der Waals surface area (Å²) in [6.45, 7) is 6.27. The summed E-state index contributed by atoms with van der Waals surface area (Å²) in [5.41, 5.74) is 0.862. The fourth-order valence-electron chi connectivity index (χ4n) is 3.58. The van der Waals surface area contributed by atoms with Crippen LogP contribution < -0.4 is 5.32 Å². The number of amides is 1. The van der Waals surface area contributed by atoms with E-state index >= 15 is 0 Å². The number of hydrogen-bond acceptors (Lipinski definition) is 2. The first-order valence-corrected chi connectivity index (χ1v) is 10.4. The van der Waals surface area contributed by atoms with E-state index in [1.54, 1.807) is 6.08 Å². The molecule has 26 heavy (non-hydrogen) atoms. The van der Waals surface area contributed by atoms with E-state index in [0.717, 1.165) is 12.0 Å². The fraction of sp³-hybridized carbons (Fsp3) is 0.714. The monoisotopic (exact) mass is 382 g/mol. The molecule has 0 aromatic carbocycles. The Labute approximate surface area is 164 Å². The lowest BCUT2D eigenvalue weighted by molar-refractivity contribution is -0.119. The fourth-order valence-corrected chi connectivity index (χ4v) is 3.83. The molecular formula is C21H35FN2OS. The Bertz CT molecular complexity index is 518. The van der Waals surface area contributed by atoms with Gasteiger partial charge in [0.05, 0.1) is 6.42 Å². The standard InChI is InChI=1S/C19H29FN2OS.C2H6/c1-14-7-4-3-5-10-17(14)22(2)19(24)21-18(23)13-15-8-6-9-16(20)12-11-15;1-2/h6,8,11,14,16-17H,3-5,7,9-10,12-13H2,1-2H3,(H,21,23,24);1-2H3/t14-,16?,17+;/m1./s1. The summed E-state index contributed by atoms with van der Waals surface area (Å²) in [7, 11) is 1.98. The van der Waals surface area contributed by atoms with Crippen LogP contribution in [0.5, 0.6) is 0 Å². The zero-order valence-electron chi connectivity index (χ0n) is 16.8. The predicted octanol–water partition coefficient (Wildman–Crippen LogP) is 5.32. The SMILES string of the molecule is CC.C[C@@H]1CCCCC[C@@H]1N(C)C(=S)NC(=O)CC1=CCC(F)CC=C1. The Morgan fingerprint density at radius 1 is 1.27 bits per heavy atom. The van der Waals surface area contributed by atoms with Crippen LogP contribution in [0.4, 0.5) is 4.39 Å². The van der Waals surface area contributed by atoms with E-state index in [-0.39, 0.29) is 12.3 Å². The second kappa shape index (κ2) is 12.2. The molecule has 0 radical (unpaired) electrons. The summed E-state index contributed by atoms with van der Waals surface area (Å²) in [6.07, 6.45) is 11.8. The highest BCUT2D eigenvalue weighted by atomic mass is 32.1. The molecule has 2 aliphatic rings. The van der Waals surface area contributed by atoms with Crippen molar-refractivity contribution in [3.8, 4) is 0 Å². The first-order chi connectivity index (χ1) is 12.5. The van der Waals surface area contributed by atoms with E-state index in [1.165, 1.54) is 25.7 Å². The number of halogens is 1. The van der Waals surface area contributed by atoms with Crippen LogP contribution in [0.25, 0.3) is 0 Å². The molecule has 1 unspecified atom stereocenters. The number of carbonyl (C=O) groups excluding carboxylic acids is 1. The average Bonchev–Trinajstić information content (AvgIpc) is 2.96. The van der Waals surface area contributed by atoms with Crippen molar-refractivity contribution in [1.82, 2.24) is 10.2 Å². The molecule has 2 rings (SSSR count). The van der Waals surface area contributed by atoms with Gasteiger partial charge in [-0.2, -0.15) is 0 Å². The van der Waals surface area contributed by atoms with Gasteiger partial charge in [-0.05, 0) is 49.4 Å². The van der Waals surface area contributed by atoms with Gasteiger partial charge in [0.25, 0.3) is 0 Å². The zero-order valence-corrected chi connectivity index (χ0v) is 17.6. The Morgan fingerprint density at radius 3 is 2.69 bits per heavy atom. The molecule has 1 amide bonds. The minimum absolute atomic E-state index is 0.124. The minimum Gasteiger partial charge on any atom is -0.349 e. The third-order valence-corrected chi connectivity index (χ3v) is 5.49. The van der Waals surface area contributed by atoms with Gasteiger partial charge in [0.15, 0.2) is 5.11 Å². The summed E-state index contributed by atoms with van der Waals surface area (Å²) < 4.78 is 13.3. The molecule has 148 valence electrons. The van der Waals surface area contributed by atoms with Crippen molar-refractivity contribution < 1.29 is 9.18 Å². The van der Waals surface area contributed by atoms with Crippen molar-refractivity contribution in [2.24, 2.45) is 5.92 Å². The first kappa shape index (κ1) is 22.8. The van der Waals surface area contributed by atoms with E-state index in [1.807, 2.05) is 33.0 Å². The molecule has 5 heteroatoms. The van der Waals surface area contributed by atoms with Gasteiger partial charge < -0.3 is 10.2 Å². The Morgan fingerprint density at radius 2 is 1.96 bits per heavy atom. The van der Waals surface area contributed by atoms with Crippen molar-refractivity contribution in [1.29, 1.82) is 0 Å². The van der Waals surface area contributed by atoms with E-state index in [2.05, 4.69) is 17.1 Å². The first-order valence-electron chi connectivity index (χ1n) is 10.0. The second-order valence-corrected chi connectivity index (χ2v) is 7.46. The molecule has 1 N–H and O–H groups in total. The highest BCUT2D eigenvalue weighted by Gasteiger charge is 2.25. The summed E-state index contributed by atoms with van der Waals surface area (Å²) >= 11 is 5.44. The summed E-state index contributed by atoms with van der Waals surface area (Å²) in [6, 6.07) is 0.393. The van der Waals surface area contributed by atoms with Crippen LogP contribution in [0.15, 0.2) is 23.8 Å². The molecular weight excluding hydrogens is 347 g/mol. The number of nitrogens with one attached hydrogen (secondary N) is 1. The lowest BCUT2D eigenvalue weighted by atomic mass is 9.96. The quantitative estimate of drug-likeness (QED) is 0.530. The molecule has 0 aromatic rings. The van der Waals surface area contributed by atoms with E-state index < -0.39 is 6.17 Å². The maximum Gasteiger partial charge on any atom is 0.230 e. The van der Waals surface area contributed by atoms with Gasteiger partial charge in [0.1, 0.15) is 6.17 Å². The Kier molecular flexibility index (Phi) is 10.7. The highest BCUT2D eigenvalue weighted by Crippen LogP contribution is 2.26. The van der Waals surface area contributed by atoms with E-state index in [4.69, 9.17) is 12.2 Å². The lowest BCUT2D eigenvalue weighted by Crippen LogP contribution is -2.47. The van der Waals surface area contributed by atoms with Crippen LogP contribution in [0.2, 0.25) is 0 Å². The molecule has 0 saturated heterocycles. The smallest absolute Gasteiger partial charge is 0.230 e. The number of alkyl halides is 1. The van der Waals surface area contributed by atoms with Crippen LogP contribution in [-0.2, 0) is 4.79 Å². The molecule has 3 nitrogen and oxygen atoms in total. The largest absolute Gasteiger partial charge is 0.349 e. The number of carbonyl (C=O) groups is 1. The average molecular weight is 383 g/mol. The number of hydrogen-bond donors (Lipinski definition) is 1. The molecule has 0 heterocycles. The van der Waals surface area contributed by atoms with Gasteiger partial charge in [-0.3, -0.25) is 4.79 Å². The molecule has 2 aliphatic carbocycles. The second-order valence-electron chi connectivity index (χ2n) is 7.07. The number of rotatable bonds is 3. The minimum atomic E-state index is -0.842. The van der Waals surface area contributed by atoms with Crippen LogP contribution in [0.3, 0.4) is 0 Å². The van der Waals surface area contributed by atoms with Crippen molar-refractivity contribution in [3.63, 3.8) is 0 Å². The van der Waals surface area contributed by atoms with Crippen LogP contribution >= 0.6 is 12.2 Å². The zero-order chi connectivity index (χ0) is 19.5. The van der Waals surface area contributed by atoms with E-state index in [0.29, 0.717) is 29.9 Å². The maximum atomic E-state index is 13.3. The molecule has 3 atom stereocenters. The maximum absolute atomic E-state index is 13.3. The van der Waals surface area contributed by atoms with Gasteiger partial charge in [-0.25, -0.2) is 4.39 Å². The van der Waals surface area contributed by atoms with Crippen LogP contribution in [0, 0.1) is 5.92 Å². The van der Waals surface area contributed by atoms with Gasteiger partial charge in [0, 0.05) is 13.1 Å². The summed E-state index contributed by atoms with van der Waals surface area (Å²) in [4.78, 5) is 14.3.